The summed E-state index contributed by atoms with van der Waals surface area (Å²) in [6, 6.07) is 0. The number of allylic oxidation sites excluding steroid dienone is 5. The van der Waals surface area contributed by atoms with Crippen molar-refractivity contribution >= 4 is 5.91 Å². The van der Waals surface area contributed by atoms with Crippen molar-refractivity contribution in [1.82, 2.24) is 4.90 Å². The minimum absolute atomic E-state index is 0.196. The van der Waals surface area contributed by atoms with E-state index in [1.54, 1.807) is 31.2 Å². The molecule has 1 unspecified atom stereocenters. The van der Waals surface area contributed by atoms with Crippen LogP contribution in [-0.4, -0.2) is 22.1 Å². The number of hydrogen-bond donors (Lipinski definition) is 1. The second-order valence-corrected chi connectivity index (χ2v) is 2.91. The van der Waals surface area contributed by atoms with Gasteiger partial charge in [0, 0.05) is 11.8 Å². The minimum Gasteiger partial charge on any atom is -0.369 e. The Labute approximate surface area is 83.3 Å². The fourth-order valence-corrected chi connectivity index (χ4v) is 1.20. The van der Waals surface area contributed by atoms with Crippen molar-refractivity contribution in [3.8, 4) is 0 Å². The van der Waals surface area contributed by atoms with Crippen molar-refractivity contribution in [2.24, 2.45) is 0 Å². The maximum atomic E-state index is 11.3. The SMILES string of the molecule is C=C/C=C\C=C(/C)N1C(=O)C=CC1O. The summed E-state index contributed by atoms with van der Waals surface area (Å²) in [6.07, 6.45) is 8.89. The minimum atomic E-state index is -0.837. The second kappa shape index (κ2) is 4.58. The highest BCUT2D eigenvalue weighted by Gasteiger charge is 2.24. The molecule has 1 heterocycles. The number of carbonyl (C=O) groups is 1. The van der Waals surface area contributed by atoms with Gasteiger partial charge < -0.3 is 5.11 Å². The van der Waals surface area contributed by atoms with Crippen LogP contribution in [0.4, 0.5) is 0 Å². The van der Waals surface area contributed by atoms with Gasteiger partial charge in [0.2, 0.25) is 0 Å². The first kappa shape index (κ1) is 10.5. The standard InChI is InChI=1S/C11H13NO2/c1-3-4-5-6-9(2)12-10(13)7-8-11(12)14/h3-8,10,13H,1H2,2H3/b5-4-,9-6+. The van der Waals surface area contributed by atoms with Crippen molar-refractivity contribution in [3.63, 3.8) is 0 Å². The van der Waals surface area contributed by atoms with Crippen LogP contribution in [0, 0.1) is 0 Å². The van der Waals surface area contributed by atoms with Crippen LogP contribution < -0.4 is 0 Å². The molecule has 14 heavy (non-hydrogen) atoms. The largest absolute Gasteiger partial charge is 0.369 e. The summed E-state index contributed by atoms with van der Waals surface area (Å²) in [5.74, 6) is -0.196. The van der Waals surface area contributed by atoms with Crippen LogP contribution in [0.5, 0.6) is 0 Å². The van der Waals surface area contributed by atoms with Crippen LogP contribution in [0.25, 0.3) is 0 Å². The second-order valence-electron chi connectivity index (χ2n) is 2.91. The third-order valence-electron chi connectivity index (χ3n) is 1.88. The zero-order valence-electron chi connectivity index (χ0n) is 8.05. The smallest absolute Gasteiger partial charge is 0.252 e. The molecule has 0 saturated carbocycles. The Kier molecular flexibility index (Phi) is 3.42. The molecular weight excluding hydrogens is 178 g/mol. The van der Waals surface area contributed by atoms with Crippen molar-refractivity contribution < 1.29 is 9.90 Å². The molecule has 1 aliphatic heterocycles. The molecule has 0 saturated heterocycles. The number of amides is 1. The summed E-state index contributed by atoms with van der Waals surface area (Å²) in [6.45, 7) is 5.29. The number of aliphatic hydroxyl groups is 1. The van der Waals surface area contributed by atoms with Gasteiger partial charge in [-0.25, -0.2) is 0 Å². The van der Waals surface area contributed by atoms with Crippen LogP contribution in [0.1, 0.15) is 6.92 Å². The molecule has 1 N–H and O–H groups in total. The molecular formula is C11H13NO2. The van der Waals surface area contributed by atoms with Gasteiger partial charge in [0.15, 0.2) is 6.23 Å². The Morgan fingerprint density at radius 3 is 2.86 bits per heavy atom. The van der Waals surface area contributed by atoms with E-state index in [0.29, 0.717) is 5.70 Å². The fraction of sp³-hybridized carbons (Fsp3) is 0.182. The first-order valence-electron chi connectivity index (χ1n) is 4.32. The highest BCUT2D eigenvalue weighted by molar-refractivity contribution is 5.91. The zero-order chi connectivity index (χ0) is 10.6. The fourth-order valence-electron chi connectivity index (χ4n) is 1.20. The van der Waals surface area contributed by atoms with Crippen molar-refractivity contribution in [2.75, 3.05) is 0 Å². The van der Waals surface area contributed by atoms with E-state index in [1.165, 1.54) is 17.1 Å². The summed E-state index contributed by atoms with van der Waals surface area (Å²) in [7, 11) is 0. The maximum Gasteiger partial charge on any atom is 0.252 e. The van der Waals surface area contributed by atoms with Gasteiger partial charge in [0.05, 0.1) is 0 Å². The molecule has 1 amide bonds. The van der Waals surface area contributed by atoms with Gasteiger partial charge in [-0.2, -0.15) is 0 Å². The molecule has 0 aliphatic carbocycles. The number of hydrogen-bond acceptors (Lipinski definition) is 2. The first-order chi connectivity index (χ1) is 6.66. The van der Waals surface area contributed by atoms with Gasteiger partial charge in [0.25, 0.3) is 5.91 Å². The molecule has 1 atom stereocenters. The highest BCUT2D eigenvalue weighted by Crippen LogP contribution is 2.15. The Hall–Kier alpha value is -1.61. The van der Waals surface area contributed by atoms with Crippen molar-refractivity contribution in [3.05, 3.63) is 48.7 Å². The van der Waals surface area contributed by atoms with Crippen molar-refractivity contribution in [2.45, 2.75) is 13.2 Å². The molecule has 0 aromatic heterocycles. The van der Waals surface area contributed by atoms with E-state index in [-0.39, 0.29) is 5.91 Å². The van der Waals surface area contributed by atoms with E-state index < -0.39 is 6.23 Å². The van der Waals surface area contributed by atoms with Crippen molar-refractivity contribution in [1.29, 1.82) is 0 Å². The lowest BCUT2D eigenvalue weighted by Gasteiger charge is -2.20. The number of carbonyl (C=O) groups excluding carboxylic acids is 1. The van der Waals surface area contributed by atoms with Gasteiger partial charge in [-0.05, 0) is 19.1 Å². The van der Waals surface area contributed by atoms with Crippen LogP contribution in [0.2, 0.25) is 0 Å². The lowest BCUT2D eigenvalue weighted by Crippen LogP contribution is -2.31. The summed E-state index contributed by atoms with van der Waals surface area (Å²) < 4.78 is 0. The Morgan fingerprint density at radius 1 is 1.64 bits per heavy atom. The molecule has 3 heteroatoms. The van der Waals surface area contributed by atoms with Gasteiger partial charge in [-0.1, -0.05) is 24.8 Å². The van der Waals surface area contributed by atoms with E-state index >= 15 is 0 Å². The van der Waals surface area contributed by atoms with E-state index in [0.717, 1.165) is 0 Å². The van der Waals surface area contributed by atoms with Crippen LogP contribution in [-0.2, 0) is 4.79 Å². The average molecular weight is 191 g/mol. The van der Waals surface area contributed by atoms with Gasteiger partial charge in [0.1, 0.15) is 0 Å². The third-order valence-corrected chi connectivity index (χ3v) is 1.88. The topological polar surface area (TPSA) is 40.5 Å². The van der Waals surface area contributed by atoms with Gasteiger partial charge in [-0.3, -0.25) is 9.69 Å². The van der Waals surface area contributed by atoms with Crippen LogP contribution >= 0.6 is 0 Å². The highest BCUT2D eigenvalue weighted by atomic mass is 16.3. The summed E-state index contributed by atoms with van der Waals surface area (Å²) in [4.78, 5) is 12.6. The van der Waals surface area contributed by atoms with E-state index in [1.807, 2.05) is 0 Å². The Bertz CT molecular complexity index is 326. The number of rotatable bonds is 3. The molecule has 0 radical (unpaired) electrons. The van der Waals surface area contributed by atoms with E-state index in [9.17, 15) is 9.90 Å². The lowest BCUT2D eigenvalue weighted by molar-refractivity contribution is -0.127. The van der Waals surface area contributed by atoms with Gasteiger partial charge >= 0.3 is 0 Å². The number of nitrogens with zero attached hydrogens (tertiary/aromatic N) is 1. The molecule has 0 spiro atoms. The molecule has 1 aliphatic rings. The molecule has 0 bridgehead atoms. The van der Waals surface area contributed by atoms with E-state index in [2.05, 4.69) is 6.58 Å². The lowest BCUT2D eigenvalue weighted by atomic mass is 10.3. The summed E-state index contributed by atoms with van der Waals surface area (Å²) in [5, 5.41) is 9.42. The number of aliphatic hydroxyl groups excluding tert-OH is 1. The molecule has 74 valence electrons. The Morgan fingerprint density at radius 2 is 2.36 bits per heavy atom. The van der Waals surface area contributed by atoms with Crippen LogP contribution in [0.15, 0.2) is 48.7 Å². The predicted molar refractivity (Wildman–Crippen MR) is 55.1 cm³/mol. The molecule has 0 aromatic rings. The average Bonchev–Trinajstić information content (AvgIpc) is 2.46. The molecule has 3 nitrogen and oxygen atoms in total. The van der Waals surface area contributed by atoms with Crippen LogP contribution in [0.3, 0.4) is 0 Å². The quantitative estimate of drug-likeness (QED) is 0.684. The maximum absolute atomic E-state index is 11.3. The summed E-state index contributed by atoms with van der Waals surface area (Å²) >= 11 is 0. The molecule has 1 rings (SSSR count). The normalized spacial score (nSPS) is 22.4. The molecule has 0 aromatic carbocycles. The zero-order valence-corrected chi connectivity index (χ0v) is 8.05. The van der Waals surface area contributed by atoms with Gasteiger partial charge in [-0.15, -0.1) is 0 Å². The Balaban J connectivity index is 2.74. The third kappa shape index (κ3) is 2.20. The van der Waals surface area contributed by atoms with E-state index in [4.69, 9.17) is 0 Å². The molecule has 0 fully saturated rings. The monoisotopic (exact) mass is 191 g/mol. The summed E-state index contributed by atoms with van der Waals surface area (Å²) in [5.41, 5.74) is 0.700. The first-order valence-corrected chi connectivity index (χ1v) is 4.32. The predicted octanol–water partition coefficient (Wildman–Crippen LogP) is 1.35.